The van der Waals surface area contributed by atoms with Crippen molar-refractivity contribution in [1.29, 1.82) is 0 Å². The van der Waals surface area contributed by atoms with Crippen LogP contribution in [0.15, 0.2) is 54.6 Å². The zero-order chi connectivity index (χ0) is 20.3. The molecule has 0 spiro atoms. The van der Waals surface area contributed by atoms with Crippen LogP contribution >= 0.6 is 0 Å². The molecule has 4 heteroatoms. The number of benzene rings is 2. The highest BCUT2D eigenvalue weighted by molar-refractivity contribution is 5.76. The lowest BCUT2D eigenvalue weighted by atomic mass is 10.1. The van der Waals surface area contributed by atoms with Crippen LogP contribution < -0.4 is 4.74 Å². The van der Waals surface area contributed by atoms with Crippen molar-refractivity contribution in [2.24, 2.45) is 0 Å². The summed E-state index contributed by atoms with van der Waals surface area (Å²) < 4.78 is 5.19. The molecule has 1 saturated heterocycles. The summed E-state index contributed by atoms with van der Waals surface area (Å²) in [4.78, 5) is 17.2. The van der Waals surface area contributed by atoms with Gasteiger partial charge in [-0.2, -0.15) is 0 Å². The molecule has 3 rings (SSSR count). The molecule has 0 saturated carbocycles. The number of methoxy groups -OCH3 is 1. The molecule has 0 aromatic heterocycles. The number of carbonyl (C=O) groups is 1. The van der Waals surface area contributed by atoms with E-state index < -0.39 is 0 Å². The topological polar surface area (TPSA) is 32.8 Å². The average Bonchev–Trinajstić information content (AvgIpc) is 3.01. The minimum atomic E-state index is 0.310. The van der Waals surface area contributed by atoms with E-state index in [-0.39, 0.29) is 0 Å². The van der Waals surface area contributed by atoms with Gasteiger partial charge in [-0.3, -0.25) is 4.79 Å². The van der Waals surface area contributed by atoms with Crippen LogP contribution in [-0.4, -0.2) is 55.5 Å². The van der Waals surface area contributed by atoms with E-state index in [0.29, 0.717) is 12.3 Å². The Morgan fingerprint density at radius 1 is 0.862 bits per heavy atom. The summed E-state index contributed by atoms with van der Waals surface area (Å²) in [6.45, 7) is 4.99. The average molecular weight is 395 g/mol. The Morgan fingerprint density at radius 2 is 1.59 bits per heavy atom. The van der Waals surface area contributed by atoms with Crippen molar-refractivity contribution in [2.75, 3.05) is 39.8 Å². The molecule has 1 heterocycles. The van der Waals surface area contributed by atoms with Gasteiger partial charge in [0.15, 0.2) is 0 Å². The third-order valence-corrected chi connectivity index (χ3v) is 5.74. The highest BCUT2D eigenvalue weighted by Crippen LogP contribution is 2.14. The van der Waals surface area contributed by atoms with Crippen LogP contribution in [0, 0.1) is 0 Å². The lowest BCUT2D eigenvalue weighted by molar-refractivity contribution is -0.131. The van der Waals surface area contributed by atoms with Gasteiger partial charge >= 0.3 is 0 Å². The molecule has 1 amide bonds. The monoisotopic (exact) mass is 394 g/mol. The van der Waals surface area contributed by atoms with Crippen molar-refractivity contribution < 1.29 is 9.53 Å². The van der Waals surface area contributed by atoms with Crippen molar-refractivity contribution in [3.05, 3.63) is 65.7 Å². The molecule has 2 aromatic rings. The van der Waals surface area contributed by atoms with Crippen LogP contribution in [0.25, 0.3) is 0 Å². The molecule has 0 N–H and O–H groups in total. The Labute approximate surface area is 175 Å². The van der Waals surface area contributed by atoms with E-state index in [4.69, 9.17) is 4.74 Å². The second-order valence-electron chi connectivity index (χ2n) is 7.87. The fraction of sp³-hybridized carbons (Fsp3) is 0.480. The van der Waals surface area contributed by atoms with E-state index in [1.807, 2.05) is 12.1 Å². The summed E-state index contributed by atoms with van der Waals surface area (Å²) >= 11 is 0. The normalized spacial score (nSPS) is 15.1. The zero-order valence-electron chi connectivity index (χ0n) is 17.7. The van der Waals surface area contributed by atoms with E-state index in [2.05, 4.69) is 52.3 Å². The Morgan fingerprint density at radius 3 is 2.34 bits per heavy atom. The first-order valence-corrected chi connectivity index (χ1v) is 10.9. The van der Waals surface area contributed by atoms with Gasteiger partial charge in [-0.25, -0.2) is 0 Å². The van der Waals surface area contributed by atoms with Crippen LogP contribution in [0.3, 0.4) is 0 Å². The predicted octanol–water partition coefficient (Wildman–Crippen LogP) is 4.19. The summed E-state index contributed by atoms with van der Waals surface area (Å²) in [5, 5.41) is 0. The number of amides is 1. The van der Waals surface area contributed by atoms with E-state index in [9.17, 15) is 4.79 Å². The summed E-state index contributed by atoms with van der Waals surface area (Å²) in [7, 11) is 1.68. The number of nitrogens with zero attached hydrogens (tertiary/aromatic N) is 2. The molecule has 0 atom stereocenters. The first-order valence-electron chi connectivity index (χ1n) is 10.9. The smallest absolute Gasteiger partial charge is 0.222 e. The zero-order valence-corrected chi connectivity index (χ0v) is 17.7. The number of hydrogen-bond acceptors (Lipinski definition) is 3. The van der Waals surface area contributed by atoms with E-state index in [0.717, 1.165) is 64.2 Å². The molecular weight excluding hydrogens is 360 g/mol. The molecule has 1 aliphatic rings. The van der Waals surface area contributed by atoms with Crippen LogP contribution in [0.2, 0.25) is 0 Å². The summed E-state index contributed by atoms with van der Waals surface area (Å²) in [5.41, 5.74) is 2.68. The third kappa shape index (κ3) is 7.21. The van der Waals surface area contributed by atoms with Crippen LogP contribution in [0.5, 0.6) is 5.75 Å². The maximum Gasteiger partial charge on any atom is 0.222 e. The van der Waals surface area contributed by atoms with E-state index in [1.54, 1.807) is 7.11 Å². The van der Waals surface area contributed by atoms with Crippen LogP contribution in [0.1, 0.15) is 36.8 Å². The molecule has 156 valence electrons. The van der Waals surface area contributed by atoms with Crippen molar-refractivity contribution in [3.8, 4) is 5.75 Å². The number of aryl methyl sites for hydroxylation is 2. The second-order valence-corrected chi connectivity index (χ2v) is 7.87. The standard InChI is InChI=1S/C25H34N2O2/c1-29-24-15-13-23(14-16-24)10-5-12-25(28)27-19-7-18-26(20-21-27)17-6-11-22-8-3-2-4-9-22/h2-4,8-9,13-16H,5-7,10-12,17-21H2,1H3. The quantitative estimate of drug-likeness (QED) is 0.639. The van der Waals surface area contributed by atoms with E-state index >= 15 is 0 Å². The van der Waals surface area contributed by atoms with Crippen molar-refractivity contribution in [1.82, 2.24) is 9.80 Å². The Hall–Kier alpha value is -2.33. The minimum absolute atomic E-state index is 0.310. The van der Waals surface area contributed by atoms with Crippen molar-refractivity contribution in [3.63, 3.8) is 0 Å². The maximum absolute atomic E-state index is 12.6. The molecule has 0 aliphatic carbocycles. The lowest BCUT2D eigenvalue weighted by Gasteiger charge is -2.22. The van der Waals surface area contributed by atoms with Crippen molar-refractivity contribution in [2.45, 2.75) is 38.5 Å². The number of rotatable bonds is 9. The van der Waals surface area contributed by atoms with Crippen LogP contribution in [0.4, 0.5) is 0 Å². The molecule has 1 aliphatic heterocycles. The van der Waals surface area contributed by atoms with Gasteiger partial charge in [-0.15, -0.1) is 0 Å². The van der Waals surface area contributed by atoms with E-state index in [1.165, 1.54) is 17.5 Å². The molecule has 4 nitrogen and oxygen atoms in total. The van der Waals surface area contributed by atoms with Gasteiger partial charge in [0.1, 0.15) is 5.75 Å². The predicted molar refractivity (Wildman–Crippen MR) is 118 cm³/mol. The van der Waals surface area contributed by atoms with Crippen molar-refractivity contribution >= 4 is 5.91 Å². The third-order valence-electron chi connectivity index (χ3n) is 5.74. The lowest BCUT2D eigenvalue weighted by Crippen LogP contribution is -2.35. The van der Waals surface area contributed by atoms with Gasteiger partial charge in [0.2, 0.25) is 5.91 Å². The Balaban J connectivity index is 1.34. The molecule has 0 bridgehead atoms. The van der Waals surface area contributed by atoms with Gasteiger partial charge < -0.3 is 14.5 Å². The first-order chi connectivity index (χ1) is 14.2. The van der Waals surface area contributed by atoms with Gasteiger partial charge in [-0.05, 0) is 68.5 Å². The molecule has 0 radical (unpaired) electrons. The number of hydrogen-bond donors (Lipinski definition) is 0. The first kappa shape index (κ1) is 21.4. The Kier molecular flexibility index (Phi) is 8.57. The fourth-order valence-corrected chi connectivity index (χ4v) is 3.99. The molecule has 2 aromatic carbocycles. The minimum Gasteiger partial charge on any atom is -0.497 e. The molecule has 29 heavy (non-hydrogen) atoms. The fourth-order valence-electron chi connectivity index (χ4n) is 3.99. The van der Waals surface area contributed by atoms with Crippen LogP contribution in [-0.2, 0) is 17.6 Å². The summed E-state index contributed by atoms with van der Waals surface area (Å²) in [5.74, 6) is 1.19. The largest absolute Gasteiger partial charge is 0.497 e. The van der Waals surface area contributed by atoms with Gasteiger partial charge in [-0.1, -0.05) is 42.5 Å². The number of carbonyl (C=O) groups excluding carboxylic acids is 1. The SMILES string of the molecule is COc1ccc(CCCC(=O)N2CCCN(CCCc3ccccc3)CC2)cc1. The summed E-state index contributed by atoms with van der Waals surface area (Å²) in [6.07, 6.45) is 5.87. The van der Waals surface area contributed by atoms with Gasteiger partial charge in [0, 0.05) is 26.1 Å². The second kappa shape index (κ2) is 11.6. The van der Waals surface area contributed by atoms with Gasteiger partial charge in [0.05, 0.1) is 7.11 Å². The molecule has 0 unspecified atom stereocenters. The van der Waals surface area contributed by atoms with Gasteiger partial charge in [0.25, 0.3) is 0 Å². The molecule has 1 fully saturated rings. The number of ether oxygens (including phenoxy) is 1. The molecular formula is C25H34N2O2. The maximum atomic E-state index is 12.6. The highest BCUT2D eigenvalue weighted by atomic mass is 16.5. The summed E-state index contributed by atoms with van der Waals surface area (Å²) in [6, 6.07) is 18.8. The highest BCUT2D eigenvalue weighted by Gasteiger charge is 2.18. The Bertz CT molecular complexity index is 730.